The van der Waals surface area contributed by atoms with Gasteiger partial charge in [0.1, 0.15) is 16.9 Å². The van der Waals surface area contributed by atoms with Crippen molar-refractivity contribution in [3.05, 3.63) is 52.4 Å². The number of unbranched alkanes of at least 4 members (excludes halogenated alkanes) is 1. The molecular weight excluding hydrogens is 373 g/mol. The SMILES string of the molecule is CCCCc1ccc(C#N)c(SCCC(=O)Nc2ccc(F)c(Cl)c2)n1. The van der Waals surface area contributed by atoms with E-state index in [1.165, 1.54) is 30.0 Å². The average molecular weight is 392 g/mol. The van der Waals surface area contributed by atoms with Gasteiger partial charge in [-0.25, -0.2) is 9.37 Å². The molecule has 136 valence electrons. The average Bonchev–Trinajstić information content (AvgIpc) is 2.63. The fourth-order valence-corrected chi connectivity index (χ4v) is 3.32. The molecule has 2 aromatic rings. The van der Waals surface area contributed by atoms with Crippen molar-refractivity contribution in [2.45, 2.75) is 37.6 Å². The van der Waals surface area contributed by atoms with E-state index in [1.807, 2.05) is 6.07 Å². The van der Waals surface area contributed by atoms with Crippen molar-refractivity contribution < 1.29 is 9.18 Å². The molecule has 0 fully saturated rings. The minimum atomic E-state index is -0.529. The number of pyridine rings is 1. The van der Waals surface area contributed by atoms with Gasteiger partial charge in [0.05, 0.1) is 10.6 Å². The van der Waals surface area contributed by atoms with Crippen LogP contribution >= 0.6 is 23.4 Å². The summed E-state index contributed by atoms with van der Waals surface area (Å²) >= 11 is 7.08. The van der Waals surface area contributed by atoms with Gasteiger partial charge < -0.3 is 5.32 Å². The second kappa shape index (κ2) is 10.1. The lowest BCUT2D eigenvalue weighted by Gasteiger charge is -2.08. The van der Waals surface area contributed by atoms with Gasteiger partial charge >= 0.3 is 0 Å². The Morgan fingerprint density at radius 2 is 2.19 bits per heavy atom. The highest BCUT2D eigenvalue weighted by Gasteiger charge is 2.09. The first-order valence-electron chi connectivity index (χ1n) is 8.31. The fourth-order valence-electron chi connectivity index (χ4n) is 2.21. The maximum atomic E-state index is 13.1. The van der Waals surface area contributed by atoms with E-state index < -0.39 is 5.82 Å². The van der Waals surface area contributed by atoms with Crippen molar-refractivity contribution in [1.29, 1.82) is 5.26 Å². The Bertz CT molecular complexity index is 823. The van der Waals surface area contributed by atoms with Crippen LogP contribution in [0.25, 0.3) is 0 Å². The van der Waals surface area contributed by atoms with E-state index in [1.54, 1.807) is 6.07 Å². The molecule has 4 nitrogen and oxygen atoms in total. The number of hydrogen-bond acceptors (Lipinski definition) is 4. The van der Waals surface area contributed by atoms with Crippen LogP contribution in [-0.4, -0.2) is 16.6 Å². The van der Waals surface area contributed by atoms with Crippen LogP contribution in [-0.2, 0) is 11.2 Å². The standard InChI is InChI=1S/C19H19ClFN3OS/c1-2-3-4-14-6-5-13(12-22)19(24-14)26-10-9-18(25)23-15-7-8-17(21)16(20)11-15/h5-8,11H,2-4,9-10H2,1H3,(H,23,25). The summed E-state index contributed by atoms with van der Waals surface area (Å²) in [5.41, 5.74) is 1.92. The largest absolute Gasteiger partial charge is 0.326 e. The first-order valence-corrected chi connectivity index (χ1v) is 9.67. The summed E-state index contributed by atoms with van der Waals surface area (Å²) in [5, 5.41) is 12.5. The number of nitrogens with zero attached hydrogens (tertiary/aromatic N) is 2. The molecule has 1 aromatic heterocycles. The summed E-state index contributed by atoms with van der Waals surface area (Å²) in [6, 6.07) is 9.82. The topological polar surface area (TPSA) is 65.8 Å². The van der Waals surface area contributed by atoms with Gasteiger partial charge in [-0.15, -0.1) is 11.8 Å². The number of anilines is 1. The van der Waals surface area contributed by atoms with E-state index in [0.717, 1.165) is 25.0 Å². The summed E-state index contributed by atoms with van der Waals surface area (Å²) in [5.74, 6) is -0.251. The lowest BCUT2D eigenvalue weighted by atomic mass is 10.2. The first-order chi connectivity index (χ1) is 12.5. The summed E-state index contributed by atoms with van der Waals surface area (Å²) in [4.78, 5) is 16.5. The number of rotatable bonds is 8. The Labute approximate surface area is 161 Å². The van der Waals surface area contributed by atoms with Crippen LogP contribution in [0, 0.1) is 17.1 Å². The van der Waals surface area contributed by atoms with Crippen molar-refractivity contribution >= 4 is 35.0 Å². The molecule has 0 aliphatic rings. The number of halogens is 2. The van der Waals surface area contributed by atoms with Gasteiger partial charge in [-0.2, -0.15) is 5.26 Å². The molecule has 26 heavy (non-hydrogen) atoms. The summed E-state index contributed by atoms with van der Waals surface area (Å²) in [7, 11) is 0. The summed E-state index contributed by atoms with van der Waals surface area (Å²) < 4.78 is 13.1. The van der Waals surface area contributed by atoms with Gasteiger partial charge in [0, 0.05) is 23.6 Å². The number of thioether (sulfide) groups is 1. The molecule has 0 aliphatic carbocycles. The minimum absolute atomic E-state index is 0.0380. The molecule has 0 spiro atoms. The van der Waals surface area contributed by atoms with E-state index in [9.17, 15) is 14.4 Å². The number of carbonyl (C=O) groups excluding carboxylic acids is 1. The molecule has 2 rings (SSSR count). The lowest BCUT2D eigenvalue weighted by molar-refractivity contribution is -0.115. The molecule has 1 aromatic carbocycles. The van der Waals surface area contributed by atoms with Crippen molar-refractivity contribution in [2.24, 2.45) is 0 Å². The van der Waals surface area contributed by atoms with Gasteiger partial charge in [-0.1, -0.05) is 24.9 Å². The van der Waals surface area contributed by atoms with Crippen molar-refractivity contribution in [3.8, 4) is 6.07 Å². The van der Waals surface area contributed by atoms with E-state index in [4.69, 9.17) is 11.6 Å². The number of nitriles is 1. The zero-order valence-corrected chi connectivity index (χ0v) is 16.0. The van der Waals surface area contributed by atoms with Crippen LogP contribution in [0.15, 0.2) is 35.4 Å². The number of aromatic nitrogens is 1. The highest BCUT2D eigenvalue weighted by Crippen LogP contribution is 2.23. The molecule has 0 aliphatic heterocycles. The van der Waals surface area contributed by atoms with Gasteiger partial charge in [0.2, 0.25) is 5.91 Å². The third-order valence-electron chi connectivity index (χ3n) is 3.60. The van der Waals surface area contributed by atoms with E-state index in [0.29, 0.717) is 22.0 Å². The Hall–Kier alpha value is -2.10. The molecule has 1 heterocycles. The Morgan fingerprint density at radius 1 is 1.38 bits per heavy atom. The lowest BCUT2D eigenvalue weighted by Crippen LogP contribution is -2.12. The Balaban J connectivity index is 1.90. The van der Waals surface area contributed by atoms with Crippen LogP contribution in [0.1, 0.15) is 37.4 Å². The number of amides is 1. The van der Waals surface area contributed by atoms with Crippen LogP contribution in [0.2, 0.25) is 5.02 Å². The smallest absolute Gasteiger partial charge is 0.225 e. The minimum Gasteiger partial charge on any atom is -0.326 e. The van der Waals surface area contributed by atoms with E-state index in [-0.39, 0.29) is 17.4 Å². The number of aryl methyl sites for hydroxylation is 1. The highest BCUT2D eigenvalue weighted by atomic mass is 35.5. The Morgan fingerprint density at radius 3 is 2.88 bits per heavy atom. The second-order valence-corrected chi connectivity index (χ2v) is 7.14. The maximum absolute atomic E-state index is 13.1. The van der Waals surface area contributed by atoms with Crippen LogP contribution in [0.4, 0.5) is 10.1 Å². The Kier molecular flexibility index (Phi) is 7.89. The van der Waals surface area contributed by atoms with Crippen LogP contribution < -0.4 is 5.32 Å². The number of benzene rings is 1. The summed E-state index contributed by atoms with van der Waals surface area (Å²) in [6.07, 6.45) is 3.25. The molecule has 1 amide bonds. The molecule has 7 heteroatoms. The van der Waals surface area contributed by atoms with Gasteiger partial charge in [-0.3, -0.25) is 4.79 Å². The molecule has 0 unspecified atom stereocenters. The molecule has 1 N–H and O–H groups in total. The molecule has 0 radical (unpaired) electrons. The van der Waals surface area contributed by atoms with Crippen molar-refractivity contribution in [2.75, 3.05) is 11.1 Å². The normalized spacial score (nSPS) is 10.4. The molecule has 0 bridgehead atoms. The molecule has 0 saturated heterocycles. The predicted molar refractivity (Wildman–Crippen MR) is 103 cm³/mol. The van der Waals surface area contributed by atoms with Crippen molar-refractivity contribution in [3.63, 3.8) is 0 Å². The monoisotopic (exact) mass is 391 g/mol. The van der Waals surface area contributed by atoms with Crippen molar-refractivity contribution in [1.82, 2.24) is 4.98 Å². The van der Waals surface area contributed by atoms with Crippen LogP contribution in [0.3, 0.4) is 0 Å². The third kappa shape index (κ3) is 6.01. The maximum Gasteiger partial charge on any atom is 0.225 e. The zero-order valence-electron chi connectivity index (χ0n) is 14.4. The zero-order chi connectivity index (χ0) is 18.9. The predicted octanol–water partition coefficient (Wildman–Crippen LogP) is 5.21. The second-order valence-electron chi connectivity index (χ2n) is 5.65. The van der Waals surface area contributed by atoms with E-state index >= 15 is 0 Å². The quantitative estimate of drug-likeness (QED) is 0.627. The van der Waals surface area contributed by atoms with Gasteiger partial charge in [0.25, 0.3) is 0 Å². The molecular formula is C19H19ClFN3OS. The van der Waals surface area contributed by atoms with Crippen LogP contribution in [0.5, 0.6) is 0 Å². The molecule has 0 saturated carbocycles. The first kappa shape index (κ1) is 20.2. The third-order valence-corrected chi connectivity index (χ3v) is 4.88. The highest BCUT2D eigenvalue weighted by molar-refractivity contribution is 7.99. The number of hydrogen-bond donors (Lipinski definition) is 1. The van der Waals surface area contributed by atoms with E-state index in [2.05, 4.69) is 23.3 Å². The van der Waals surface area contributed by atoms with Gasteiger partial charge in [-0.05, 0) is 43.2 Å². The number of nitrogens with one attached hydrogen (secondary N) is 1. The van der Waals surface area contributed by atoms with Gasteiger partial charge in [0.15, 0.2) is 0 Å². The molecule has 0 atom stereocenters. The fraction of sp³-hybridized carbons (Fsp3) is 0.316. The number of carbonyl (C=O) groups is 1. The summed E-state index contributed by atoms with van der Waals surface area (Å²) in [6.45, 7) is 2.12.